The van der Waals surface area contributed by atoms with Crippen LogP contribution >= 0.6 is 0 Å². The highest BCUT2D eigenvalue weighted by atomic mass is 16.6. The summed E-state index contributed by atoms with van der Waals surface area (Å²) in [5.74, 6) is -0.221. The second-order valence-electron chi connectivity index (χ2n) is 3.60. The average molecular weight is 156 g/mol. The summed E-state index contributed by atoms with van der Waals surface area (Å²) in [7, 11) is 0. The van der Waals surface area contributed by atoms with E-state index in [1.54, 1.807) is 0 Å². The van der Waals surface area contributed by atoms with Crippen molar-refractivity contribution in [3.05, 3.63) is 0 Å². The Kier molecular flexibility index (Phi) is 1.42. The molecule has 2 rings (SSSR count). The summed E-state index contributed by atoms with van der Waals surface area (Å²) in [4.78, 5) is 11.0. The highest BCUT2D eigenvalue weighted by Gasteiger charge is 2.46. The largest absolute Gasteiger partial charge is 0.462 e. The van der Waals surface area contributed by atoms with Crippen molar-refractivity contribution < 1.29 is 14.6 Å². The molecule has 0 radical (unpaired) electrons. The SMILES string of the molecule is CC1CC2CC(C(=O)O2)C1O. The number of fused-ring (bicyclic) bond motifs is 2. The maximum atomic E-state index is 11.0. The minimum atomic E-state index is -0.471. The molecule has 3 heteroatoms. The molecular weight excluding hydrogens is 144 g/mol. The van der Waals surface area contributed by atoms with Crippen LogP contribution in [0, 0.1) is 11.8 Å². The van der Waals surface area contributed by atoms with Gasteiger partial charge in [-0.15, -0.1) is 0 Å². The van der Waals surface area contributed by atoms with Gasteiger partial charge in [-0.2, -0.15) is 0 Å². The first kappa shape index (κ1) is 7.10. The standard InChI is InChI=1S/C8H12O3/c1-4-2-5-3-6(7(4)9)8(10)11-5/h4-7,9H,2-3H2,1H3. The molecule has 4 atom stereocenters. The Hall–Kier alpha value is -0.570. The lowest BCUT2D eigenvalue weighted by Gasteiger charge is -2.26. The second kappa shape index (κ2) is 2.21. The third kappa shape index (κ3) is 0.948. The Morgan fingerprint density at radius 1 is 1.55 bits per heavy atom. The first-order valence-corrected chi connectivity index (χ1v) is 4.07. The fraction of sp³-hybridized carbons (Fsp3) is 0.875. The van der Waals surface area contributed by atoms with E-state index < -0.39 is 6.10 Å². The number of hydrogen-bond acceptors (Lipinski definition) is 3. The molecule has 3 nitrogen and oxygen atoms in total. The van der Waals surface area contributed by atoms with E-state index in [4.69, 9.17) is 4.74 Å². The Bertz CT molecular complexity index is 190. The summed E-state index contributed by atoms with van der Waals surface area (Å²) < 4.78 is 5.03. The lowest BCUT2D eigenvalue weighted by molar-refractivity contribution is -0.144. The van der Waals surface area contributed by atoms with Crippen LogP contribution < -0.4 is 0 Å². The van der Waals surface area contributed by atoms with Gasteiger partial charge in [0, 0.05) is 6.42 Å². The molecule has 2 bridgehead atoms. The summed E-state index contributed by atoms with van der Waals surface area (Å²) in [5, 5.41) is 9.53. The Balaban J connectivity index is 2.20. The van der Waals surface area contributed by atoms with E-state index in [2.05, 4.69) is 0 Å². The zero-order valence-corrected chi connectivity index (χ0v) is 6.49. The van der Waals surface area contributed by atoms with Crippen molar-refractivity contribution in [2.75, 3.05) is 0 Å². The third-order valence-electron chi connectivity index (χ3n) is 2.73. The Morgan fingerprint density at radius 2 is 2.27 bits per heavy atom. The van der Waals surface area contributed by atoms with Gasteiger partial charge in [0.05, 0.1) is 12.0 Å². The van der Waals surface area contributed by atoms with E-state index in [0.29, 0.717) is 0 Å². The number of aliphatic hydroxyl groups excluding tert-OH is 1. The number of esters is 1. The number of carbonyl (C=O) groups is 1. The number of carbonyl (C=O) groups excluding carboxylic acids is 1. The van der Waals surface area contributed by atoms with Crippen LogP contribution in [0.2, 0.25) is 0 Å². The second-order valence-corrected chi connectivity index (χ2v) is 3.60. The van der Waals surface area contributed by atoms with Gasteiger partial charge < -0.3 is 9.84 Å². The van der Waals surface area contributed by atoms with Crippen molar-refractivity contribution in [2.45, 2.75) is 32.0 Å². The molecule has 1 saturated heterocycles. The molecule has 0 amide bonds. The molecule has 1 aliphatic heterocycles. The highest BCUT2D eigenvalue weighted by molar-refractivity contribution is 5.75. The van der Waals surface area contributed by atoms with Crippen molar-refractivity contribution >= 4 is 5.97 Å². The van der Waals surface area contributed by atoms with Crippen molar-refractivity contribution in [3.8, 4) is 0 Å². The van der Waals surface area contributed by atoms with E-state index in [-0.39, 0.29) is 23.9 Å². The van der Waals surface area contributed by atoms with Crippen LogP contribution in [0.5, 0.6) is 0 Å². The van der Waals surface area contributed by atoms with Crippen LogP contribution in [-0.4, -0.2) is 23.3 Å². The monoisotopic (exact) mass is 156 g/mol. The highest BCUT2D eigenvalue weighted by Crippen LogP contribution is 2.37. The molecule has 1 N–H and O–H groups in total. The number of aliphatic hydroxyl groups is 1. The van der Waals surface area contributed by atoms with Gasteiger partial charge >= 0.3 is 5.97 Å². The molecule has 0 aromatic heterocycles. The summed E-state index contributed by atoms with van der Waals surface area (Å²) in [5.41, 5.74) is 0. The van der Waals surface area contributed by atoms with Gasteiger partial charge in [-0.25, -0.2) is 0 Å². The van der Waals surface area contributed by atoms with Gasteiger partial charge in [-0.3, -0.25) is 4.79 Å². The van der Waals surface area contributed by atoms with E-state index in [9.17, 15) is 9.90 Å². The van der Waals surface area contributed by atoms with Gasteiger partial charge in [0.15, 0.2) is 0 Å². The smallest absolute Gasteiger partial charge is 0.311 e. The lowest BCUT2D eigenvalue weighted by Crippen LogP contribution is -2.34. The predicted octanol–water partition coefficient (Wildman–Crippen LogP) is 0.319. The van der Waals surface area contributed by atoms with Crippen molar-refractivity contribution in [3.63, 3.8) is 0 Å². The maximum absolute atomic E-state index is 11.0. The molecule has 0 aromatic rings. The van der Waals surface area contributed by atoms with Crippen molar-refractivity contribution in [1.82, 2.24) is 0 Å². The van der Waals surface area contributed by atoms with Gasteiger partial charge in [0.2, 0.25) is 0 Å². The average Bonchev–Trinajstić information content (AvgIpc) is 2.24. The quantitative estimate of drug-likeness (QED) is 0.514. The van der Waals surface area contributed by atoms with E-state index in [1.807, 2.05) is 6.92 Å². The molecule has 2 fully saturated rings. The summed E-state index contributed by atoms with van der Waals surface area (Å²) in [6.45, 7) is 1.96. The molecule has 62 valence electrons. The van der Waals surface area contributed by atoms with Crippen LogP contribution in [0.25, 0.3) is 0 Å². The fourth-order valence-electron chi connectivity index (χ4n) is 2.05. The lowest BCUT2D eigenvalue weighted by atomic mass is 9.80. The van der Waals surface area contributed by atoms with Gasteiger partial charge in [0.1, 0.15) is 6.10 Å². The minimum Gasteiger partial charge on any atom is -0.462 e. The zero-order valence-electron chi connectivity index (χ0n) is 6.49. The van der Waals surface area contributed by atoms with Crippen LogP contribution in [0.4, 0.5) is 0 Å². The fourth-order valence-corrected chi connectivity index (χ4v) is 2.05. The van der Waals surface area contributed by atoms with Crippen LogP contribution in [0.1, 0.15) is 19.8 Å². The molecule has 11 heavy (non-hydrogen) atoms. The Labute approximate surface area is 65.4 Å². The van der Waals surface area contributed by atoms with Gasteiger partial charge in [0.25, 0.3) is 0 Å². The minimum absolute atomic E-state index is 0.0888. The maximum Gasteiger partial charge on any atom is 0.311 e. The number of hydrogen-bond donors (Lipinski definition) is 1. The van der Waals surface area contributed by atoms with E-state index in [0.717, 1.165) is 12.8 Å². The summed E-state index contributed by atoms with van der Waals surface area (Å²) in [6, 6.07) is 0. The van der Waals surface area contributed by atoms with Crippen LogP contribution in [0.3, 0.4) is 0 Å². The Morgan fingerprint density at radius 3 is 3.00 bits per heavy atom. The first-order valence-electron chi connectivity index (χ1n) is 4.07. The van der Waals surface area contributed by atoms with Crippen LogP contribution in [0.15, 0.2) is 0 Å². The number of ether oxygens (including phenoxy) is 1. The molecule has 0 spiro atoms. The molecule has 1 aliphatic carbocycles. The van der Waals surface area contributed by atoms with Crippen molar-refractivity contribution in [1.29, 1.82) is 0 Å². The normalized spacial score (nSPS) is 49.1. The first-order chi connectivity index (χ1) is 5.18. The van der Waals surface area contributed by atoms with Gasteiger partial charge in [-0.1, -0.05) is 6.92 Å². The van der Waals surface area contributed by atoms with Crippen LogP contribution in [-0.2, 0) is 9.53 Å². The molecule has 2 aliphatic rings. The molecule has 0 aromatic carbocycles. The predicted molar refractivity (Wildman–Crippen MR) is 37.8 cm³/mol. The summed E-state index contributed by atoms with van der Waals surface area (Å²) in [6.07, 6.45) is 1.17. The molecular formula is C8H12O3. The van der Waals surface area contributed by atoms with Crippen molar-refractivity contribution in [2.24, 2.45) is 11.8 Å². The summed E-state index contributed by atoms with van der Waals surface area (Å²) >= 11 is 0. The third-order valence-corrected chi connectivity index (χ3v) is 2.73. The molecule has 4 unspecified atom stereocenters. The molecule has 1 heterocycles. The molecule has 1 saturated carbocycles. The van der Waals surface area contributed by atoms with Gasteiger partial charge in [-0.05, 0) is 12.3 Å². The van der Waals surface area contributed by atoms with E-state index >= 15 is 0 Å². The number of rotatable bonds is 0. The van der Waals surface area contributed by atoms with E-state index in [1.165, 1.54) is 0 Å². The zero-order chi connectivity index (χ0) is 8.01. The topological polar surface area (TPSA) is 46.5 Å².